The number of carbonyl (C=O) groups excluding carboxylic acids is 1. The lowest BCUT2D eigenvalue weighted by atomic mass is 9.86. The van der Waals surface area contributed by atoms with Crippen LogP contribution >= 0.6 is 0 Å². The molecule has 0 saturated carbocycles. The van der Waals surface area contributed by atoms with Gasteiger partial charge in [-0.05, 0) is 49.0 Å². The van der Waals surface area contributed by atoms with Gasteiger partial charge in [-0.2, -0.15) is 0 Å². The molecule has 41 heavy (non-hydrogen) atoms. The molecule has 4 atom stereocenters. The zero-order valence-electron chi connectivity index (χ0n) is 24.3. The fourth-order valence-electron chi connectivity index (χ4n) is 5.65. The number of fused-ring (bicyclic) bond motifs is 1. The Balaban J connectivity index is 1.64. The van der Waals surface area contributed by atoms with Crippen LogP contribution < -0.4 is 15.0 Å². The predicted octanol–water partition coefficient (Wildman–Crippen LogP) is 3.91. The lowest BCUT2D eigenvalue weighted by Crippen LogP contribution is -2.50. The molecule has 1 unspecified atom stereocenters. The Labute approximate surface area is 242 Å². The van der Waals surface area contributed by atoms with E-state index >= 15 is 0 Å². The highest BCUT2D eigenvalue weighted by Crippen LogP contribution is 2.47. The molecule has 1 aliphatic rings. The van der Waals surface area contributed by atoms with Crippen LogP contribution in [0.2, 0.25) is 18.6 Å². The number of carbonyl (C=O) groups is 1. The maximum absolute atomic E-state index is 13.6. The number of methoxy groups -OCH3 is 2. The van der Waals surface area contributed by atoms with E-state index in [0.717, 1.165) is 11.1 Å². The Morgan fingerprint density at radius 1 is 1.12 bits per heavy atom. The van der Waals surface area contributed by atoms with Crippen molar-refractivity contribution in [3.05, 3.63) is 88.3 Å². The first-order valence-electron chi connectivity index (χ1n) is 13.8. The van der Waals surface area contributed by atoms with E-state index in [1.54, 1.807) is 42.5 Å². The van der Waals surface area contributed by atoms with E-state index in [1.165, 1.54) is 11.7 Å². The molecule has 4 rings (SSSR count). The molecule has 0 radical (unpaired) electrons. The van der Waals surface area contributed by atoms with Gasteiger partial charge in [-0.25, -0.2) is 0 Å². The van der Waals surface area contributed by atoms with Crippen LogP contribution in [0.1, 0.15) is 30.6 Å². The topological polar surface area (TPSA) is 110 Å². The zero-order chi connectivity index (χ0) is 29.7. The largest absolute Gasteiger partial charge is 0.491 e. The highest BCUT2D eigenvalue weighted by molar-refractivity contribution is 6.71. The van der Waals surface area contributed by atoms with Crippen LogP contribution in [-0.4, -0.2) is 67.1 Å². The van der Waals surface area contributed by atoms with E-state index in [1.807, 2.05) is 56.4 Å². The Morgan fingerprint density at radius 2 is 1.85 bits per heavy atom. The summed E-state index contributed by atoms with van der Waals surface area (Å²) >= 11 is 0. The number of hydrogen-bond acceptors (Lipinski definition) is 7. The van der Waals surface area contributed by atoms with Gasteiger partial charge in [0.05, 0.1) is 19.8 Å². The maximum atomic E-state index is 13.6. The van der Waals surface area contributed by atoms with Gasteiger partial charge in [0, 0.05) is 55.5 Å². The number of rotatable bonds is 11. The number of aliphatic hydroxyl groups excluding tert-OH is 1. The van der Waals surface area contributed by atoms with Crippen molar-refractivity contribution in [1.82, 2.24) is 9.47 Å². The quantitative estimate of drug-likeness (QED) is 0.331. The number of aromatic nitrogens is 1. The van der Waals surface area contributed by atoms with Crippen molar-refractivity contribution in [2.75, 3.05) is 27.4 Å². The van der Waals surface area contributed by atoms with Crippen molar-refractivity contribution >= 4 is 14.2 Å². The van der Waals surface area contributed by atoms with E-state index in [2.05, 4.69) is 0 Å². The van der Waals surface area contributed by atoms with E-state index < -0.39 is 26.1 Å². The number of nitrogens with zero attached hydrogens (tertiary/aromatic N) is 2. The molecule has 0 bridgehead atoms. The molecule has 220 valence electrons. The second-order valence-corrected chi connectivity index (χ2v) is 15.1. The van der Waals surface area contributed by atoms with Gasteiger partial charge in [-0.3, -0.25) is 14.2 Å². The lowest BCUT2D eigenvalue weighted by molar-refractivity contribution is -0.133. The first-order valence-corrected chi connectivity index (χ1v) is 16.9. The van der Waals surface area contributed by atoms with Gasteiger partial charge >= 0.3 is 0 Å². The van der Waals surface area contributed by atoms with E-state index in [-0.39, 0.29) is 42.7 Å². The van der Waals surface area contributed by atoms with Crippen LogP contribution in [0, 0.1) is 5.92 Å². The van der Waals surface area contributed by atoms with Gasteiger partial charge in [0.1, 0.15) is 11.9 Å². The average molecular weight is 581 g/mol. The molecule has 2 N–H and O–H groups in total. The molecule has 0 aliphatic carbocycles. The van der Waals surface area contributed by atoms with Crippen LogP contribution in [0.15, 0.2) is 71.7 Å². The van der Waals surface area contributed by atoms with E-state index in [9.17, 15) is 19.5 Å². The van der Waals surface area contributed by atoms with Crippen LogP contribution in [0.5, 0.6) is 11.5 Å². The molecule has 3 aromatic rings. The highest BCUT2D eigenvalue weighted by Gasteiger charge is 2.47. The van der Waals surface area contributed by atoms with Gasteiger partial charge in [0.15, 0.2) is 14.1 Å². The second-order valence-electron chi connectivity index (χ2n) is 11.1. The summed E-state index contributed by atoms with van der Waals surface area (Å²) in [4.78, 5) is 39.5. The Kier molecular flexibility index (Phi) is 9.70. The average Bonchev–Trinajstić information content (AvgIpc) is 2.95. The van der Waals surface area contributed by atoms with Gasteiger partial charge in [-0.15, -0.1) is 0 Å². The summed E-state index contributed by atoms with van der Waals surface area (Å²) in [6.45, 7) is 6.06. The summed E-state index contributed by atoms with van der Waals surface area (Å²) in [5, 5.41) is 9.67. The molecule has 1 aliphatic heterocycles. The summed E-state index contributed by atoms with van der Waals surface area (Å²) in [6, 6.07) is 18.5. The number of hydrogen-bond donors (Lipinski definition) is 2. The molecule has 2 aromatic carbocycles. The third-order valence-corrected chi connectivity index (χ3v) is 10.2. The third kappa shape index (κ3) is 6.73. The monoisotopic (exact) mass is 580 g/mol. The van der Waals surface area contributed by atoms with Gasteiger partial charge in [0.2, 0.25) is 5.91 Å². The number of ether oxygens (including phenoxy) is 3. The first kappa shape index (κ1) is 30.5. The van der Waals surface area contributed by atoms with Gasteiger partial charge in [0.25, 0.3) is 5.56 Å². The molecular formula is C31H40N2O7Si. The van der Waals surface area contributed by atoms with Gasteiger partial charge < -0.3 is 29.0 Å². The second kappa shape index (κ2) is 13.0. The standard InChI is InChI=1S/C31H40N2O7Si/c1-21-29(39-3)24-18-23(33-15-9-12-26(38-2)31(33)36)13-14-25(24)40-30(21)27(41(4,5)37)19-28(35)32(16-17-34)20-22-10-7-6-8-11-22/h6-15,18,21,27,29-30,34,37H,16-17,19-20H2,1-5H3/t21-,27?,29-,30-/m0/s1. The number of benzene rings is 2. The fourth-order valence-corrected chi connectivity index (χ4v) is 7.50. The minimum Gasteiger partial charge on any atom is -0.491 e. The molecule has 9 nitrogen and oxygen atoms in total. The van der Waals surface area contributed by atoms with Crippen molar-refractivity contribution in [3.8, 4) is 17.2 Å². The van der Waals surface area contributed by atoms with Crippen LogP contribution in [0.4, 0.5) is 0 Å². The van der Waals surface area contributed by atoms with Crippen molar-refractivity contribution < 1.29 is 28.9 Å². The molecule has 2 heterocycles. The van der Waals surface area contributed by atoms with Crippen molar-refractivity contribution in [2.45, 2.75) is 50.7 Å². The van der Waals surface area contributed by atoms with E-state index in [0.29, 0.717) is 18.0 Å². The molecule has 10 heteroatoms. The van der Waals surface area contributed by atoms with Crippen LogP contribution in [-0.2, 0) is 16.1 Å². The molecule has 1 aromatic heterocycles. The normalized spacial score (nSPS) is 19.1. The maximum Gasteiger partial charge on any atom is 0.297 e. The number of amides is 1. The van der Waals surface area contributed by atoms with Crippen molar-refractivity contribution in [3.63, 3.8) is 0 Å². The first-order chi connectivity index (χ1) is 19.6. The number of aliphatic hydroxyl groups is 1. The molecule has 0 fully saturated rings. The smallest absolute Gasteiger partial charge is 0.297 e. The summed E-state index contributed by atoms with van der Waals surface area (Å²) in [7, 11) is 0.153. The summed E-state index contributed by atoms with van der Waals surface area (Å²) in [5.74, 6) is 0.475. The number of pyridine rings is 1. The van der Waals surface area contributed by atoms with Gasteiger partial charge in [-0.1, -0.05) is 37.3 Å². The summed E-state index contributed by atoms with van der Waals surface area (Å²) < 4.78 is 19.2. The summed E-state index contributed by atoms with van der Waals surface area (Å²) in [5.41, 5.74) is 1.69. The summed E-state index contributed by atoms with van der Waals surface area (Å²) in [6.07, 6.45) is 0.887. The van der Waals surface area contributed by atoms with Crippen molar-refractivity contribution in [2.24, 2.45) is 5.92 Å². The Hall–Kier alpha value is -3.44. The SMILES string of the molecule is COc1cccn(-c2ccc3c(c2)[C@@H](OC)[C@H](C)[C@@H](C(CC(=O)N(CCO)Cc2ccccc2)[Si](C)(C)O)O3)c1=O. The van der Waals surface area contributed by atoms with Crippen LogP contribution in [0.3, 0.4) is 0 Å². The minimum atomic E-state index is -2.93. The van der Waals surface area contributed by atoms with E-state index in [4.69, 9.17) is 14.2 Å². The lowest BCUT2D eigenvalue weighted by Gasteiger charge is -2.44. The molecule has 0 saturated heterocycles. The minimum absolute atomic E-state index is 0.0839. The molecular weight excluding hydrogens is 540 g/mol. The van der Waals surface area contributed by atoms with Crippen LogP contribution in [0.25, 0.3) is 5.69 Å². The predicted molar refractivity (Wildman–Crippen MR) is 159 cm³/mol. The Bertz CT molecular complexity index is 1390. The molecule has 1 amide bonds. The third-order valence-electron chi connectivity index (χ3n) is 7.86. The van der Waals surface area contributed by atoms with Crippen molar-refractivity contribution in [1.29, 1.82) is 0 Å². The zero-order valence-corrected chi connectivity index (χ0v) is 25.3. The molecule has 0 spiro atoms. The fraction of sp³-hybridized carbons (Fsp3) is 0.419. The Morgan fingerprint density at radius 3 is 2.49 bits per heavy atom. The highest BCUT2D eigenvalue weighted by atomic mass is 28.4.